The normalized spacial score (nSPS) is 16.4. The fraction of sp³-hybridized carbons (Fsp3) is 0.300. The van der Waals surface area contributed by atoms with Gasteiger partial charge in [0, 0.05) is 36.8 Å². The van der Waals surface area contributed by atoms with Crippen molar-refractivity contribution in [2.75, 3.05) is 26.2 Å². The molecule has 0 spiro atoms. The van der Waals surface area contributed by atoms with E-state index in [4.69, 9.17) is 16.0 Å². The molecule has 0 unspecified atom stereocenters. The molecule has 12 heteroatoms. The number of piperazine rings is 1. The molecule has 1 fully saturated rings. The van der Waals surface area contributed by atoms with Gasteiger partial charge in [-0.15, -0.1) is 10.2 Å². The van der Waals surface area contributed by atoms with Gasteiger partial charge in [0.15, 0.2) is 0 Å². The molecule has 170 valence electrons. The highest BCUT2D eigenvalue weighted by atomic mass is 35.5. The lowest BCUT2D eigenvalue weighted by Crippen LogP contribution is -2.48. The van der Waals surface area contributed by atoms with Gasteiger partial charge in [0.25, 0.3) is 0 Å². The van der Waals surface area contributed by atoms with Crippen molar-refractivity contribution in [3.63, 3.8) is 0 Å². The molecule has 2 aromatic carbocycles. The van der Waals surface area contributed by atoms with E-state index in [2.05, 4.69) is 10.2 Å². The van der Waals surface area contributed by atoms with Crippen LogP contribution in [0.5, 0.6) is 0 Å². The van der Waals surface area contributed by atoms with E-state index < -0.39 is 21.8 Å². The van der Waals surface area contributed by atoms with Crippen molar-refractivity contribution >= 4 is 21.6 Å². The second kappa shape index (κ2) is 8.81. The van der Waals surface area contributed by atoms with Gasteiger partial charge in [-0.3, -0.25) is 4.90 Å². The number of nitrogens with zero attached hydrogens (tertiary/aromatic N) is 4. The molecule has 1 aromatic heterocycles. The van der Waals surface area contributed by atoms with Crippen LogP contribution in [0.1, 0.15) is 11.5 Å². The lowest BCUT2D eigenvalue weighted by Gasteiger charge is -2.33. The van der Waals surface area contributed by atoms with Crippen molar-refractivity contribution < 1.29 is 26.0 Å². The van der Waals surface area contributed by atoms with E-state index in [1.54, 1.807) is 24.3 Å². The van der Waals surface area contributed by atoms with Gasteiger partial charge in [-0.05, 0) is 42.5 Å². The fourth-order valence-electron chi connectivity index (χ4n) is 3.33. The predicted molar refractivity (Wildman–Crippen MR) is 110 cm³/mol. The molecule has 0 N–H and O–H groups in total. The minimum Gasteiger partial charge on any atom is -0.419 e. The molecule has 4 rings (SSSR count). The number of aromatic nitrogens is 2. The molecule has 2 heterocycles. The summed E-state index contributed by atoms with van der Waals surface area (Å²) in [5.41, 5.74) is -0.268. The highest BCUT2D eigenvalue weighted by Crippen LogP contribution is 2.31. The molecule has 0 saturated carbocycles. The van der Waals surface area contributed by atoms with E-state index in [1.807, 2.05) is 4.90 Å². The summed E-state index contributed by atoms with van der Waals surface area (Å²) in [6, 6.07) is 10.7. The molecule has 1 aliphatic rings. The van der Waals surface area contributed by atoms with Gasteiger partial charge < -0.3 is 4.42 Å². The maximum Gasteiger partial charge on any atom is 0.416 e. The molecule has 0 atom stereocenters. The van der Waals surface area contributed by atoms with Crippen molar-refractivity contribution in [2.24, 2.45) is 0 Å². The first-order valence-electron chi connectivity index (χ1n) is 9.61. The molecular weight excluding hydrogens is 469 g/mol. The lowest BCUT2D eigenvalue weighted by molar-refractivity contribution is -0.137. The van der Waals surface area contributed by atoms with Crippen molar-refractivity contribution in [1.29, 1.82) is 0 Å². The Kier molecular flexibility index (Phi) is 6.26. The van der Waals surface area contributed by atoms with Gasteiger partial charge >= 0.3 is 6.18 Å². The van der Waals surface area contributed by atoms with Crippen LogP contribution >= 0.6 is 11.6 Å². The Balaban J connectivity index is 1.39. The fourth-order valence-corrected chi connectivity index (χ4v) is 4.92. The van der Waals surface area contributed by atoms with Gasteiger partial charge in [0.05, 0.1) is 17.0 Å². The van der Waals surface area contributed by atoms with Crippen LogP contribution in [-0.2, 0) is 22.7 Å². The predicted octanol–water partition coefficient (Wildman–Crippen LogP) is 3.92. The van der Waals surface area contributed by atoms with Crippen LogP contribution in [0, 0.1) is 0 Å². The van der Waals surface area contributed by atoms with Crippen LogP contribution in [0.15, 0.2) is 57.8 Å². The maximum absolute atomic E-state index is 12.9. The Morgan fingerprint density at radius 3 is 2.34 bits per heavy atom. The van der Waals surface area contributed by atoms with Crippen LogP contribution in [0.25, 0.3) is 11.5 Å². The third kappa shape index (κ3) is 4.96. The van der Waals surface area contributed by atoms with E-state index in [1.165, 1.54) is 10.4 Å². The molecular formula is C20H18ClF3N4O3S. The second-order valence-corrected chi connectivity index (χ2v) is 9.59. The summed E-state index contributed by atoms with van der Waals surface area (Å²) in [4.78, 5) is 1.57. The zero-order valence-electron chi connectivity index (χ0n) is 16.6. The second-order valence-electron chi connectivity index (χ2n) is 7.21. The van der Waals surface area contributed by atoms with E-state index >= 15 is 0 Å². The average Bonchev–Trinajstić information content (AvgIpc) is 3.22. The van der Waals surface area contributed by atoms with E-state index in [-0.39, 0.29) is 18.0 Å². The van der Waals surface area contributed by atoms with Crippen LogP contribution < -0.4 is 0 Å². The van der Waals surface area contributed by atoms with Crippen molar-refractivity contribution in [3.05, 3.63) is 65.0 Å². The molecule has 32 heavy (non-hydrogen) atoms. The first kappa shape index (κ1) is 22.7. The number of hydrogen-bond acceptors (Lipinski definition) is 6. The minimum absolute atomic E-state index is 0.136. The summed E-state index contributed by atoms with van der Waals surface area (Å²) < 4.78 is 71.3. The monoisotopic (exact) mass is 486 g/mol. The Morgan fingerprint density at radius 2 is 1.69 bits per heavy atom. The number of sulfonamides is 1. The van der Waals surface area contributed by atoms with Crippen LogP contribution in [0.3, 0.4) is 0 Å². The number of alkyl halides is 3. The molecule has 0 amide bonds. The Bertz CT molecular complexity index is 1190. The smallest absolute Gasteiger partial charge is 0.416 e. The summed E-state index contributed by atoms with van der Waals surface area (Å²) in [7, 11) is -4.03. The van der Waals surface area contributed by atoms with Crippen LogP contribution in [-0.4, -0.2) is 54.0 Å². The Hall–Kier alpha value is -2.47. The molecule has 0 bridgehead atoms. The molecule has 0 radical (unpaired) electrons. The van der Waals surface area contributed by atoms with E-state index in [0.29, 0.717) is 42.5 Å². The Morgan fingerprint density at radius 1 is 1.00 bits per heavy atom. The minimum atomic E-state index is -4.61. The highest BCUT2D eigenvalue weighted by molar-refractivity contribution is 7.89. The largest absolute Gasteiger partial charge is 0.419 e. The SMILES string of the molecule is O=S(=O)(c1cccc(C(F)(F)F)c1)N1CCN(Cc2nnc(-c3ccc(Cl)cc3)o2)CC1. The number of halogens is 4. The number of hydrogen-bond donors (Lipinski definition) is 0. The summed E-state index contributed by atoms with van der Waals surface area (Å²) in [6.07, 6.45) is -4.61. The van der Waals surface area contributed by atoms with E-state index in [9.17, 15) is 21.6 Å². The first-order chi connectivity index (χ1) is 15.1. The van der Waals surface area contributed by atoms with Gasteiger partial charge in [-0.25, -0.2) is 8.42 Å². The van der Waals surface area contributed by atoms with Gasteiger partial charge in [-0.2, -0.15) is 17.5 Å². The summed E-state index contributed by atoms with van der Waals surface area (Å²) in [6.45, 7) is 1.35. The Labute approximate surface area is 187 Å². The molecule has 1 saturated heterocycles. The molecule has 0 aliphatic carbocycles. The lowest BCUT2D eigenvalue weighted by atomic mass is 10.2. The molecule has 3 aromatic rings. The molecule has 7 nitrogen and oxygen atoms in total. The van der Waals surface area contributed by atoms with E-state index in [0.717, 1.165) is 17.7 Å². The van der Waals surface area contributed by atoms with Crippen LogP contribution in [0.4, 0.5) is 13.2 Å². The third-order valence-electron chi connectivity index (χ3n) is 5.05. The number of benzene rings is 2. The summed E-state index contributed by atoms with van der Waals surface area (Å²) in [5.74, 6) is 0.728. The van der Waals surface area contributed by atoms with Crippen LogP contribution in [0.2, 0.25) is 5.02 Å². The van der Waals surface area contributed by atoms with Crippen molar-refractivity contribution in [1.82, 2.24) is 19.4 Å². The quantitative estimate of drug-likeness (QED) is 0.544. The summed E-state index contributed by atoms with van der Waals surface area (Å²) >= 11 is 5.87. The highest BCUT2D eigenvalue weighted by Gasteiger charge is 2.34. The topological polar surface area (TPSA) is 79.5 Å². The van der Waals surface area contributed by atoms with Crippen molar-refractivity contribution in [3.8, 4) is 11.5 Å². The van der Waals surface area contributed by atoms with Gasteiger partial charge in [0.2, 0.25) is 21.8 Å². The maximum atomic E-state index is 12.9. The molecule has 1 aliphatic heterocycles. The number of rotatable bonds is 5. The standard InChI is InChI=1S/C20H18ClF3N4O3S/c21-16-6-4-14(5-7-16)19-26-25-18(31-19)13-27-8-10-28(11-9-27)32(29,30)17-3-1-2-15(12-17)20(22,23)24/h1-7,12H,8-11,13H2. The zero-order valence-corrected chi connectivity index (χ0v) is 18.2. The third-order valence-corrected chi connectivity index (χ3v) is 7.19. The van der Waals surface area contributed by atoms with Gasteiger partial charge in [-0.1, -0.05) is 17.7 Å². The van der Waals surface area contributed by atoms with Gasteiger partial charge in [0.1, 0.15) is 0 Å². The first-order valence-corrected chi connectivity index (χ1v) is 11.4. The average molecular weight is 487 g/mol. The van der Waals surface area contributed by atoms with Crippen molar-refractivity contribution in [2.45, 2.75) is 17.6 Å². The summed E-state index contributed by atoms with van der Waals surface area (Å²) in [5, 5.41) is 8.64. The zero-order chi connectivity index (χ0) is 22.9.